The van der Waals surface area contributed by atoms with Gasteiger partial charge >= 0.3 is 23.9 Å². The van der Waals surface area contributed by atoms with Crippen molar-refractivity contribution in [2.24, 2.45) is 0 Å². The smallest absolute Gasteiger partial charge is 0.442 e. The van der Waals surface area contributed by atoms with Crippen molar-refractivity contribution < 1.29 is 45.8 Å². The van der Waals surface area contributed by atoms with Crippen LogP contribution in [0, 0.1) is 0 Å². The van der Waals surface area contributed by atoms with Crippen LogP contribution >= 0.6 is 0 Å². The number of hydrogen-bond donors (Lipinski definition) is 0. The van der Waals surface area contributed by atoms with Crippen molar-refractivity contribution >= 4 is 11.9 Å². The molecule has 10 heteroatoms. The maximum absolute atomic E-state index is 13.2. The zero-order valence-corrected chi connectivity index (χ0v) is 10.9. The third-order valence-corrected chi connectivity index (χ3v) is 2.59. The van der Waals surface area contributed by atoms with Crippen LogP contribution in [0.15, 0.2) is 42.5 Å². The van der Waals surface area contributed by atoms with E-state index in [1.54, 1.807) is 0 Å². The van der Waals surface area contributed by atoms with Gasteiger partial charge in [0.05, 0.1) is 5.97 Å². The first-order chi connectivity index (χ1) is 10.4. The number of rotatable bonds is 4. The maximum atomic E-state index is 13.2. The average Bonchev–Trinajstić information content (AvgIpc) is 2.40. The van der Waals surface area contributed by atoms with Crippen LogP contribution in [0.4, 0.5) is 26.3 Å². The van der Waals surface area contributed by atoms with Crippen molar-refractivity contribution in [1.29, 1.82) is 0 Å². The summed E-state index contributed by atoms with van der Waals surface area (Å²) in [5, 5.41) is 10.1. The number of carboxylic acids is 1. The lowest BCUT2D eigenvalue weighted by Crippen LogP contribution is -2.56. The highest BCUT2D eigenvalue weighted by Crippen LogP contribution is 2.52. The van der Waals surface area contributed by atoms with E-state index in [2.05, 4.69) is 4.74 Å². The van der Waals surface area contributed by atoms with Crippen molar-refractivity contribution in [3.63, 3.8) is 0 Å². The molecule has 0 saturated heterocycles. The minimum absolute atomic E-state index is 0.0508. The van der Waals surface area contributed by atoms with Gasteiger partial charge in [-0.1, -0.05) is 30.3 Å². The van der Waals surface area contributed by atoms with Gasteiger partial charge in [0.2, 0.25) is 0 Å². The van der Waals surface area contributed by atoms with Crippen LogP contribution in [-0.4, -0.2) is 24.3 Å². The van der Waals surface area contributed by atoms with Crippen LogP contribution in [0.5, 0.6) is 0 Å². The van der Waals surface area contributed by atoms with Crippen molar-refractivity contribution in [2.75, 3.05) is 0 Å². The monoisotopic (exact) mass is 341 g/mol. The molecule has 0 bridgehead atoms. The van der Waals surface area contributed by atoms with Gasteiger partial charge in [0, 0.05) is 11.6 Å². The number of esters is 1. The fourth-order valence-corrected chi connectivity index (χ4v) is 1.66. The molecule has 0 amide bonds. The third-order valence-electron chi connectivity index (χ3n) is 2.59. The van der Waals surface area contributed by atoms with Crippen molar-refractivity contribution in [3.8, 4) is 0 Å². The first kappa shape index (κ1) is 18.5. The molecule has 0 aliphatic heterocycles. The van der Waals surface area contributed by atoms with E-state index >= 15 is 0 Å². The number of benzene rings is 1. The van der Waals surface area contributed by atoms with Crippen molar-refractivity contribution in [1.82, 2.24) is 0 Å². The number of alkyl halides is 6. The molecule has 0 heterocycles. The van der Waals surface area contributed by atoms with E-state index in [9.17, 15) is 41.0 Å². The van der Waals surface area contributed by atoms with Crippen molar-refractivity contribution in [3.05, 3.63) is 48.0 Å². The second-order valence-electron chi connectivity index (χ2n) is 4.12. The van der Waals surface area contributed by atoms with Crippen LogP contribution in [0.3, 0.4) is 0 Å². The molecule has 0 aromatic heterocycles. The Labute approximate surface area is 125 Å². The highest BCUT2D eigenvalue weighted by molar-refractivity contribution is 5.90. The summed E-state index contributed by atoms with van der Waals surface area (Å²) in [7, 11) is 0. The Kier molecular flexibility index (Phi) is 5.08. The lowest BCUT2D eigenvalue weighted by molar-refractivity contribution is -0.376. The first-order valence-electron chi connectivity index (χ1n) is 5.73. The van der Waals surface area contributed by atoms with Gasteiger partial charge in [0.15, 0.2) is 0 Å². The molecule has 1 aromatic carbocycles. The minimum Gasteiger partial charge on any atom is -0.545 e. The van der Waals surface area contributed by atoms with Crippen molar-refractivity contribution in [2.45, 2.75) is 18.0 Å². The standard InChI is InChI=1S/C13H8F6O4/c14-12(15,16)11(13(17,18)19,8-4-2-1-3-5-8)23-10(22)7-6-9(20)21/h1-7H,(H,20,21)/p-1/b7-6+. The molecule has 0 saturated carbocycles. The lowest BCUT2D eigenvalue weighted by Gasteiger charge is -2.36. The molecule has 0 spiro atoms. The molecule has 0 N–H and O–H groups in total. The van der Waals surface area contributed by atoms with Gasteiger partial charge in [0.1, 0.15) is 0 Å². The summed E-state index contributed by atoms with van der Waals surface area (Å²) in [6.07, 6.45) is -12.2. The molecule has 0 aliphatic rings. The lowest BCUT2D eigenvalue weighted by atomic mass is 9.92. The maximum Gasteiger partial charge on any atom is 0.442 e. The zero-order valence-electron chi connectivity index (χ0n) is 10.9. The van der Waals surface area contributed by atoms with Crippen LogP contribution < -0.4 is 5.11 Å². The van der Waals surface area contributed by atoms with E-state index in [-0.39, 0.29) is 12.2 Å². The summed E-state index contributed by atoms with van der Waals surface area (Å²) in [5.74, 6) is -4.14. The van der Waals surface area contributed by atoms with E-state index < -0.39 is 35.5 Å². The molecule has 4 nitrogen and oxygen atoms in total. The summed E-state index contributed by atoms with van der Waals surface area (Å²) in [5.41, 5.74) is -6.32. The SMILES string of the molecule is O=C([O-])/C=C/C(=O)OC(c1ccccc1)(C(F)(F)F)C(F)(F)F. The summed E-state index contributed by atoms with van der Waals surface area (Å²) in [6.45, 7) is 0. The number of ether oxygens (including phenoxy) is 1. The molecule has 0 aliphatic carbocycles. The van der Waals surface area contributed by atoms with Gasteiger partial charge in [-0.15, -0.1) is 0 Å². The molecule has 0 radical (unpaired) electrons. The Balaban J connectivity index is 3.48. The molecular weight excluding hydrogens is 334 g/mol. The third kappa shape index (κ3) is 3.82. The molecule has 1 rings (SSSR count). The van der Waals surface area contributed by atoms with Gasteiger partial charge < -0.3 is 14.6 Å². The number of halogens is 6. The fourth-order valence-electron chi connectivity index (χ4n) is 1.66. The predicted molar refractivity (Wildman–Crippen MR) is 60.5 cm³/mol. The van der Waals surface area contributed by atoms with Gasteiger partial charge in [-0.3, -0.25) is 0 Å². The van der Waals surface area contributed by atoms with E-state index in [0.29, 0.717) is 12.1 Å². The molecule has 0 fully saturated rings. The number of carbonyl (C=O) groups is 2. The molecule has 23 heavy (non-hydrogen) atoms. The summed E-state index contributed by atoms with van der Waals surface area (Å²) >= 11 is 0. The summed E-state index contributed by atoms with van der Waals surface area (Å²) in [4.78, 5) is 21.3. The summed E-state index contributed by atoms with van der Waals surface area (Å²) < 4.78 is 82.6. The largest absolute Gasteiger partial charge is 0.545 e. The number of hydrogen-bond acceptors (Lipinski definition) is 4. The van der Waals surface area contributed by atoms with Gasteiger partial charge in [-0.05, 0) is 6.08 Å². The normalized spacial score (nSPS) is 13.1. The predicted octanol–water partition coefficient (Wildman–Crippen LogP) is 1.86. The van der Waals surface area contributed by atoms with Gasteiger partial charge in [0.25, 0.3) is 0 Å². The van der Waals surface area contributed by atoms with Crippen LogP contribution in [0.25, 0.3) is 0 Å². The Morgan fingerprint density at radius 1 is 0.913 bits per heavy atom. The molecule has 1 aromatic rings. The van der Waals surface area contributed by atoms with Crippen LogP contribution in [0.2, 0.25) is 0 Å². The molecule has 126 valence electrons. The topological polar surface area (TPSA) is 66.4 Å². The van der Waals surface area contributed by atoms with E-state index in [1.165, 1.54) is 6.07 Å². The highest BCUT2D eigenvalue weighted by Gasteiger charge is 2.75. The minimum atomic E-state index is -6.04. The Bertz CT molecular complexity index is 589. The van der Waals surface area contributed by atoms with Gasteiger partial charge in [-0.2, -0.15) is 26.3 Å². The zero-order chi connectivity index (χ0) is 17.9. The number of carboxylic acid groups (broad SMARTS) is 1. The van der Waals surface area contributed by atoms with E-state index in [0.717, 1.165) is 12.1 Å². The van der Waals surface area contributed by atoms with Crippen LogP contribution in [-0.2, 0) is 19.9 Å². The fraction of sp³-hybridized carbons (Fsp3) is 0.231. The Morgan fingerprint density at radius 3 is 1.78 bits per heavy atom. The number of aliphatic carboxylic acids is 1. The highest BCUT2D eigenvalue weighted by atomic mass is 19.4. The average molecular weight is 341 g/mol. The molecular formula is C13H7F6O4-. The molecule has 0 atom stereocenters. The van der Waals surface area contributed by atoms with Crippen LogP contribution in [0.1, 0.15) is 5.56 Å². The quantitative estimate of drug-likeness (QED) is 0.476. The molecule has 0 unspecified atom stereocenters. The van der Waals surface area contributed by atoms with Gasteiger partial charge in [-0.25, -0.2) is 4.79 Å². The second kappa shape index (κ2) is 6.31. The first-order valence-corrected chi connectivity index (χ1v) is 5.73. The summed E-state index contributed by atoms with van der Waals surface area (Å²) in [6, 6.07) is 3.92. The second-order valence-corrected chi connectivity index (χ2v) is 4.12. The number of carbonyl (C=O) groups excluding carboxylic acids is 2. The Morgan fingerprint density at radius 2 is 1.39 bits per heavy atom. The van der Waals surface area contributed by atoms with E-state index in [4.69, 9.17) is 0 Å². The van der Waals surface area contributed by atoms with E-state index in [1.807, 2.05) is 0 Å². The Hall–Kier alpha value is -2.52.